The molecule has 2 amide bonds. The molecule has 3 rings (SSSR count). The predicted octanol–water partition coefficient (Wildman–Crippen LogP) is 3.65. The molecule has 0 aromatic heterocycles. The standard InChI is InChI=1S/C26H34N2O5/c1-16(2)13-27-25(29)21-15-28(26(30)18-9-7-17(3)8-10-18)14-20(21)19-11-22(31-4)24(33-6)23(12-19)32-5/h7-12,16,20-21H,13-15H2,1-6H3,(H,27,29)/t20-,21+/m0/s1. The topological polar surface area (TPSA) is 77.1 Å². The molecule has 0 unspecified atom stereocenters. The summed E-state index contributed by atoms with van der Waals surface area (Å²) in [6, 6.07) is 11.2. The number of carbonyl (C=O) groups is 2. The molecule has 1 fully saturated rings. The maximum atomic E-state index is 13.2. The smallest absolute Gasteiger partial charge is 0.253 e. The van der Waals surface area contributed by atoms with Crippen LogP contribution in [-0.4, -0.2) is 57.7 Å². The lowest BCUT2D eigenvalue weighted by molar-refractivity contribution is -0.125. The fourth-order valence-electron chi connectivity index (χ4n) is 4.20. The van der Waals surface area contributed by atoms with Gasteiger partial charge in [-0.1, -0.05) is 31.5 Å². The third kappa shape index (κ3) is 5.41. The Balaban J connectivity index is 1.96. The molecule has 1 heterocycles. The molecule has 1 aliphatic heterocycles. The van der Waals surface area contributed by atoms with Crippen molar-refractivity contribution in [2.24, 2.45) is 11.8 Å². The quantitative estimate of drug-likeness (QED) is 0.659. The Labute approximate surface area is 196 Å². The number of methoxy groups -OCH3 is 3. The summed E-state index contributed by atoms with van der Waals surface area (Å²) in [5, 5.41) is 3.05. The minimum atomic E-state index is -0.388. The lowest BCUT2D eigenvalue weighted by Crippen LogP contribution is -2.37. The van der Waals surface area contributed by atoms with E-state index < -0.39 is 0 Å². The third-order valence-corrected chi connectivity index (χ3v) is 6.04. The van der Waals surface area contributed by atoms with Gasteiger partial charge >= 0.3 is 0 Å². The number of aryl methyl sites for hydroxylation is 1. The van der Waals surface area contributed by atoms with Gasteiger partial charge in [0, 0.05) is 31.1 Å². The van der Waals surface area contributed by atoms with Gasteiger partial charge in [-0.3, -0.25) is 9.59 Å². The van der Waals surface area contributed by atoms with Crippen LogP contribution < -0.4 is 19.5 Å². The number of benzene rings is 2. The van der Waals surface area contributed by atoms with Gasteiger partial charge in [0.1, 0.15) is 0 Å². The highest BCUT2D eigenvalue weighted by molar-refractivity contribution is 5.95. The highest BCUT2D eigenvalue weighted by Crippen LogP contribution is 2.43. The third-order valence-electron chi connectivity index (χ3n) is 6.04. The van der Waals surface area contributed by atoms with E-state index in [0.717, 1.165) is 11.1 Å². The van der Waals surface area contributed by atoms with E-state index in [4.69, 9.17) is 14.2 Å². The van der Waals surface area contributed by atoms with Crippen molar-refractivity contribution in [1.82, 2.24) is 10.2 Å². The minimum Gasteiger partial charge on any atom is -0.493 e. The van der Waals surface area contributed by atoms with Crippen LogP contribution in [-0.2, 0) is 4.79 Å². The van der Waals surface area contributed by atoms with Crippen LogP contribution in [0.3, 0.4) is 0 Å². The van der Waals surface area contributed by atoms with Crippen LogP contribution in [0.15, 0.2) is 36.4 Å². The highest BCUT2D eigenvalue weighted by Gasteiger charge is 2.41. The van der Waals surface area contributed by atoms with E-state index in [1.54, 1.807) is 26.2 Å². The fraction of sp³-hybridized carbons (Fsp3) is 0.462. The average molecular weight is 455 g/mol. The number of nitrogens with one attached hydrogen (secondary N) is 1. The summed E-state index contributed by atoms with van der Waals surface area (Å²) >= 11 is 0. The Morgan fingerprint density at radius 2 is 1.61 bits per heavy atom. The minimum absolute atomic E-state index is 0.0540. The molecule has 2 aromatic rings. The lowest BCUT2D eigenvalue weighted by Gasteiger charge is -2.21. The van der Waals surface area contributed by atoms with Gasteiger partial charge in [0.2, 0.25) is 11.7 Å². The zero-order valence-electron chi connectivity index (χ0n) is 20.3. The largest absolute Gasteiger partial charge is 0.493 e. The molecule has 1 N–H and O–H groups in total. The highest BCUT2D eigenvalue weighted by atomic mass is 16.5. The van der Waals surface area contributed by atoms with E-state index in [1.165, 1.54) is 0 Å². The summed E-state index contributed by atoms with van der Waals surface area (Å²) in [5.74, 6) is 1.15. The number of nitrogens with zero attached hydrogens (tertiary/aromatic N) is 1. The number of ether oxygens (including phenoxy) is 3. The van der Waals surface area contributed by atoms with E-state index in [9.17, 15) is 9.59 Å². The first-order valence-electron chi connectivity index (χ1n) is 11.2. The first-order valence-corrected chi connectivity index (χ1v) is 11.2. The zero-order valence-corrected chi connectivity index (χ0v) is 20.3. The van der Waals surface area contributed by atoms with E-state index >= 15 is 0 Å². The number of carbonyl (C=O) groups excluding carboxylic acids is 2. The first kappa shape index (κ1) is 24.4. The van der Waals surface area contributed by atoms with E-state index in [0.29, 0.717) is 48.4 Å². The second-order valence-electron chi connectivity index (χ2n) is 8.89. The normalized spacial score (nSPS) is 17.7. The number of likely N-dealkylation sites (tertiary alicyclic amines) is 1. The van der Waals surface area contributed by atoms with Crippen LogP contribution in [0.4, 0.5) is 0 Å². The molecule has 2 aromatic carbocycles. The van der Waals surface area contributed by atoms with Crippen LogP contribution in [0.25, 0.3) is 0 Å². The lowest BCUT2D eigenvalue weighted by atomic mass is 9.87. The van der Waals surface area contributed by atoms with Gasteiger partial charge in [-0.25, -0.2) is 0 Å². The molecule has 33 heavy (non-hydrogen) atoms. The molecule has 0 saturated carbocycles. The van der Waals surface area contributed by atoms with Crippen LogP contribution in [0.2, 0.25) is 0 Å². The Morgan fingerprint density at radius 3 is 2.12 bits per heavy atom. The number of rotatable bonds is 8. The second kappa shape index (κ2) is 10.6. The van der Waals surface area contributed by atoms with Crippen molar-refractivity contribution >= 4 is 11.8 Å². The van der Waals surface area contributed by atoms with E-state index in [-0.39, 0.29) is 23.7 Å². The van der Waals surface area contributed by atoms with Crippen molar-refractivity contribution < 1.29 is 23.8 Å². The molecule has 0 radical (unpaired) electrons. The molecule has 0 spiro atoms. The van der Waals surface area contributed by atoms with Crippen LogP contribution in [0, 0.1) is 18.8 Å². The molecular formula is C26H34N2O5. The maximum absolute atomic E-state index is 13.2. The van der Waals surface area contributed by atoms with Crippen LogP contribution in [0.5, 0.6) is 17.2 Å². The Bertz CT molecular complexity index is 962. The fourth-order valence-corrected chi connectivity index (χ4v) is 4.20. The number of hydrogen-bond acceptors (Lipinski definition) is 5. The number of amides is 2. The molecule has 178 valence electrons. The molecule has 2 atom stereocenters. The van der Waals surface area contributed by atoms with Gasteiger partial charge in [-0.2, -0.15) is 0 Å². The van der Waals surface area contributed by atoms with E-state index in [2.05, 4.69) is 19.2 Å². The monoisotopic (exact) mass is 454 g/mol. The Kier molecular flexibility index (Phi) is 7.84. The van der Waals surface area contributed by atoms with Gasteiger partial charge < -0.3 is 24.4 Å². The average Bonchev–Trinajstić information content (AvgIpc) is 3.27. The van der Waals surface area contributed by atoms with Crippen molar-refractivity contribution in [3.05, 3.63) is 53.1 Å². The van der Waals surface area contributed by atoms with Crippen molar-refractivity contribution in [2.45, 2.75) is 26.7 Å². The van der Waals surface area contributed by atoms with Crippen molar-refractivity contribution in [2.75, 3.05) is 41.0 Å². The first-order chi connectivity index (χ1) is 15.8. The van der Waals surface area contributed by atoms with Crippen molar-refractivity contribution in [1.29, 1.82) is 0 Å². The van der Waals surface area contributed by atoms with Crippen LogP contribution in [0.1, 0.15) is 41.3 Å². The van der Waals surface area contributed by atoms with E-state index in [1.807, 2.05) is 43.3 Å². The van der Waals surface area contributed by atoms with Gasteiger partial charge in [0.05, 0.1) is 27.2 Å². The molecule has 0 bridgehead atoms. The second-order valence-corrected chi connectivity index (χ2v) is 8.89. The molecule has 0 aliphatic carbocycles. The summed E-state index contributed by atoms with van der Waals surface area (Å²) in [4.78, 5) is 28.2. The van der Waals surface area contributed by atoms with Crippen LogP contribution >= 0.6 is 0 Å². The SMILES string of the molecule is COc1cc([C@@H]2CN(C(=O)c3ccc(C)cc3)C[C@H]2C(=O)NCC(C)C)cc(OC)c1OC. The summed E-state index contributed by atoms with van der Waals surface area (Å²) in [6.07, 6.45) is 0. The molecule has 1 saturated heterocycles. The van der Waals surface area contributed by atoms with Gasteiger partial charge in [0.15, 0.2) is 11.5 Å². The molecule has 7 nitrogen and oxygen atoms in total. The summed E-state index contributed by atoms with van der Waals surface area (Å²) in [7, 11) is 4.69. The summed E-state index contributed by atoms with van der Waals surface area (Å²) in [6.45, 7) is 7.45. The summed E-state index contributed by atoms with van der Waals surface area (Å²) in [5.41, 5.74) is 2.58. The Hall–Kier alpha value is -3.22. The Morgan fingerprint density at radius 1 is 1.00 bits per heavy atom. The molecule has 1 aliphatic rings. The van der Waals surface area contributed by atoms with Crippen molar-refractivity contribution in [3.63, 3.8) is 0 Å². The summed E-state index contributed by atoms with van der Waals surface area (Å²) < 4.78 is 16.5. The van der Waals surface area contributed by atoms with Crippen molar-refractivity contribution in [3.8, 4) is 17.2 Å². The maximum Gasteiger partial charge on any atom is 0.253 e. The molecular weight excluding hydrogens is 420 g/mol. The zero-order chi connectivity index (χ0) is 24.1. The predicted molar refractivity (Wildman–Crippen MR) is 127 cm³/mol. The molecule has 7 heteroatoms. The van der Waals surface area contributed by atoms with Gasteiger partial charge in [0.25, 0.3) is 5.91 Å². The van der Waals surface area contributed by atoms with Gasteiger partial charge in [-0.05, 0) is 42.7 Å². The number of hydrogen-bond donors (Lipinski definition) is 1. The van der Waals surface area contributed by atoms with Gasteiger partial charge in [-0.15, -0.1) is 0 Å².